The third kappa shape index (κ3) is 3.48. The summed E-state index contributed by atoms with van der Waals surface area (Å²) in [5, 5.41) is 3.16. The predicted octanol–water partition coefficient (Wildman–Crippen LogP) is 1.87. The maximum atomic E-state index is 12.3. The molecule has 0 radical (unpaired) electrons. The van der Waals surface area contributed by atoms with Gasteiger partial charge in [0, 0.05) is 43.6 Å². The molecule has 1 aromatic rings. The van der Waals surface area contributed by atoms with E-state index in [-0.39, 0.29) is 6.03 Å². The maximum Gasteiger partial charge on any atom is 0.317 e. The molecule has 3 rings (SSSR count). The largest absolute Gasteiger partial charge is 0.337 e. The van der Waals surface area contributed by atoms with Crippen molar-refractivity contribution in [1.82, 2.24) is 20.2 Å². The van der Waals surface area contributed by atoms with Gasteiger partial charge in [0.2, 0.25) is 5.95 Å². The monoisotopic (exact) mass is 303 g/mol. The Hall–Kier alpha value is -1.85. The summed E-state index contributed by atoms with van der Waals surface area (Å²) >= 11 is 0. The number of carbonyl (C=O) groups is 1. The molecular weight excluding hydrogens is 278 g/mol. The van der Waals surface area contributed by atoms with Gasteiger partial charge in [-0.2, -0.15) is 0 Å². The van der Waals surface area contributed by atoms with Crippen LogP contribution in [0.25, 0.3) is 0 Å². The van der Waals surface area contributed by atoms with Gasteiger partial charge in [-0.15, -0.1) is 0 Å². The highest BCUT2D eigenvalue weighted by molar-refractivity contribution is 5.74. The predicted molar refractivity (Wildman–Crippen MR) is 86.1 cm³/mol. The molecule has 6 heteroatoms. The smallest absolute Gasteiger partial charge is 0.317 e. The summed E-state index contributed by atoms with van der Waals surface area (Å²) in [5.41, 5.74) is 1.98. The highest BCUT2D eigenvalue weighted by Crippen LogP contribution is 2.18. The van der Waals surface area contributed by atoms with E-state index in [0.29, 0.717) is 6.04 Å². The van der Waals surface area contributed by atoms with Crippen LogP contribution in [0.5, 0.6) is 0 Å². The lowest BCUT2D eigenvalue weighted by Crippen LogP contribution is -2.53. The quantitative estimate of drug-likeness (QED) is 0.906. The van der Waals surface area contributed by atoms with Crippen LogP contribution in [0.2, 0.25) is 0 Å². The summed E-state index contributed by atoms with van der Waals surface area (Å²) in [6.45, 7) is 7.03. The van der Waals surface area contributed by atoms with Crippen LogP contribution in [0.15, 0.2) is 6.07 Å². The molecule has 2 aliphatic rings. The fraction of sp³-hybridized carbons (Fsp3) is 0.688. The Morgan fingerprint density at radius 2 is 1.68 bits per heavy atom. The van der Waals surface area contributed by atoms with Gasteiger partial charge in [-0.25, -0.2) is 14.8 Å². The molecule has 1 N–H and O–H groups in total. The number of rotatable bonds is 2. The maximum absolute atomic E-state index is 12.3. The van der Waals surface area contributed by atoms with E-state index in [1.807, 2.05) is 24.8 Å². The molecule has 1 aromatic heterocycles. The van der Waals surface area contributed by atoms with Crippen LogP contribution >= 0.6 is 0 Å². The number of hydrogen-bond donors (Lipinski definition) is 1. The number of anilines is 1. The number of nitrogens with one attached hydrogen (secondary N) is 1. The van der Waals surface area contributed by atoms with Crippen molar-refractivity contribution in [3.8, 4) is 0 Å². The average molecular weight is 303 g/mol. The molecule has 0 spiro atoms. The summed E-state index contributed by atoms with van der Waals surface area (Å²) in [7, 11) is 0. The van der Waals surface area contributed by atoms with Gasteiger partial charge in [0.25, 0.3) is 0 Å². The molecule has 1 saturated heterocycles. The van der Waals surface area contributed by atoms with E-state index >= 15 is 0 Å². The zero-order chi connectivity index (χ0) is 15.5. The summed E-state index contributed by atoms with van der Waals surface area (Å²) in [4.78, 5) is 25.4. The van der Waals surface area contributed by atoms with Gasteiger partial charge < -0.3 is 15.1 Å². The Kier molecular flexibility index (Phi) is 4.45. The first-order valence-corrected chi connectivity index (χ1v) is 8.24. The first kappa shape index (κ1) is 15.1. The first-order valence-electron chi connectivity index (χ1n) is 8.24. The van der Waals surface area contributed by atoms with Crippen LogP contribution in [0.3, 0.4) is 0 Å². The van der Waals surface area contributed by atoms with Crippen molar-refractivity contribution in [2.24, 2.45) is 0 Å². The zero-order valence-electron chi connectivity index (χ0n) is 13.5. The molecule has 2 heterocycles. The van der Waals surface area contributed by atoms with E-state index in [1.165, 1.54) is 12.8 Å². The van der Waals surface area contributed by atoms with Crippen molar-refractivity contribution in [1.29, 1.82) is 0 Å². The van der Waals surface area contributed by atoms with Crippen molar-refractivity contribution in [3.63, 3.8) is 0 Å². The van der Waals surface area contributed by atoms with Gasteiger partial charge in [-0.3, -0.25) is 0 Å². The van der Waals surface area contributed by atoms with E-state index in [4.69, 9.17) is 0 Å². The van der Waals surface area contributed by atoms with Crippen LogP contribution in [-0.4, -0.2) is 53.1 Å². The standard InChI is InChI=1S/C16H25N5O/c1-12-11-13(2)18-15(17-12)20-7-9-21(10-8-20)16(22)19-14-5-3-4-6-14/h11,14H,3-10H2,1-2H3,(H,19,22). The highest BCUT2D eigenvalue weighted by atomic mass is 16.2. The van der Waals surface area contributed by atoms with Crippen LogP contribution in [0.4, 0.5) is 10.7 Å². The van der Waals surface area contributed by atoms with E-state index in [2.05, 4.69) is 20.2 Å². The van der Waals surface area contributed by atoms with E-state index in [9.17, 15) is 4.79 Å². The summed E-state index contributed by atoms with van der Waals surface area (Å²) in [5.74, 6) is 0.786. The molecular formula is C16H25N5O. The van der Waals surface area contributed by atoms with Crippen LogP contribution in [0.1, 0.15) is 37.1 Å². The van der Waals surface area contributed by atoms with Crippen molar-refractivity contribution < 1.29 is 4.79 Å². The molecule has 0 unspecified atom stereocenters. The Morgan fingerprint density at radius 1 is 1.09 bits per heavy atom. The van der Waals surface area contributed by atoms with Crippen LogP contribution in [-0.2, 0) is 0 Å². The van der Waals surface area contributed by atoms with Gasteiger partial charge in [0.1, 0.15) is 0 Å². The number of amides is 2. The molecule has 1 saturated carbocycles. The molecule has 6 nitrogen and oxygen atoms in total. The topological polar surface area (TPSA) is 61.4 Å². The summed E-state index contributed by atoms with van der Waals surface area (Å²) in [6.07, 6.45) is 4.73. The highest BCUT2D eigenvalue weighted by Gasteiger charge is 2.25. The normalized spacial score (nSPS) is 19.5. The number of urea groups is 1. The van der Waals surface area contributed by atoms with Crippen molar-refractivity contribution in [3.05, 3.63) is 17.5 Å². The van der Waals surface area contributed by atoms with Gasteiger partial charge in [0.05, 0.1) is 0 Å². The molecule has 0 aromatic carbocycles. The minimum Gasteiger partial charge on any atom is -0.337 e. The zero-order valence-corrected chi connectivity index (χ0v) is 13.5. The number of aryl methyl sites for hydroxylation is 2. The van der Waals surface area contributed by atoms with E-state index in [0.717, 1.165) is 56.4 Å². The Labute approximate surface area is 131 Å². The Morgan fingerprint density at radius 3 is 2.27 bits per heavy atom. The van der Waals surface area contributed by atoms with Gasteiger partial charge >= 0.3 is 6.03 Å². The molecule has 22 heavy (non-hydrogen) atoms. The fourth-order valence-corrected chi connectivity index (χ4v) is 3.29. The molecule has 0 atom stereocenters. The average Bonchev–Trinajstić information content (AvgIpc) is 2.99. The summed E-state index contributed by atoms with van der Waals surface area (Å²) < 4.78 is 0. The van der Waals surface area contributed by atoms with E-state index < -0.39 is 0 Å². The number of nitrogens with zero attached hydrogens (tertiary/aromatic N) is 4. The lowest BCUT2D eigenvalue weighted by molar-refractivity contribution is 0.190. The SMILES string of the molecule is Cc1cc(C)nc(N2CCN(C(=O)NC3CCCC3)CC2)n1. The fourth-order valence-electron chi connectivity index (χ4n) is 3.29. The molecule has 0 bridgehead atoms. The second kappa shape index (κ2) is 6.50. The van der Waals surface area contributed by atoms with Crippen LogP contribution < -0.4 is 10.2 Å². The Bertz CT molecular complexity index is 513. The van der Waals surface area contributed by atoms with Gasteiger partial charge in [-0.05, 0) is 32.8 Å². The lowest BCUT2D eigenvalue weighted by atomic mass is 10.2. The molecule has 120 valence electrons. The third-order valence-corrected chi connectivity index (χ3v) is 4.50. The number of carbonyl (C=O) groups excluding carboxylic acids is 1. The van der Waals surface area contributed by atoms with Gasteiger partial charge in [-0.1, -0.05) is 12.8 Å². The first-order chi connectivity index (χ1) is 10.6. The molecule has 1 aliphatic carbocycles. The second-order valence-electron chi connectivity index (χ2n) is 6.36. The van der Waals surface area contributed by atoms with Crippen molar-refractivity contribution in [2.75, 3.05) is 31.1 Å². The molecule has 2 amide bonds. The number of piperazine rings is 1. The van der Waals surface area contributed by atoms with Crippen LogP contribution in [0, 0.1) is 13.8 Å². The third-order valence-electron chi connectivity index (χ3n) is 4.50. The lowest BCUT2D eigenvalue weighted by Gasteiger charge is -2.35. The Balaban J connectivity index is 1.54. The minimum absolute atomic E-state index is 0.0906. The molecule has 1 aliphatic heterocycles. The number of hydrogen-bond acceptors (Lipinski definition) is 4. The number of aromatic nitrogens is 2. The minimum atomic E-state index is 0.0906. The van der Waals surface area contributed by atoms with Crippen molar-refractivity contribution >= 4 is 12.0 Å². The second-order valence-corrected chi connectivity index (χ2v) is 6.36. The molecule has 2 fully saturated rings. The van der Waals surface area contributed by atoms with Crippen molar-refractivity contribution in [2.45, 2.75) is 45.6 Å². The van der Waals surface area contributed by atoms with Gasteiger partial charge in [0.15, 0.2) is 0 Å². The summed E-state index contributed by atoms with van der Waals surface area (Å²) in [6, 6.07) is 2.45. The van der Waals surface area contributed by atoms with E-state index in [1.54, 1.807) is 0 Å².